The molecular formula is C9H16O. The summed E-state index contributed by atoms with van der Waals surface area (Å²) in [7, 11) is 0. The summed E-state index contributed by atoms with van der Waals surface area (Å²) in [6, 6.07) is 0. The Kier molecular flexibility index (Phi) is 3.34. The Morgan fingerprint density at radius 2 is 2.00 bits per heavy atom. The number of carbonyl (C=O) groups excluding carboxylic acids is 1. The molecule has 0 aliphatic heterocycles. The van der Waals surface area contributed by atoms with Crippen LogP contribution in [0.3, 0.4) is 0 Å². The minimum Gasteiger partial charge on any atom is -0.300 e. The SMILES string of the molecule is CC=CC(C)(C)CC(C)=O. The molecule has 1 nitrogen and oxygen atoms in total. The van der Waals surface area contributed by atoms with Gasteiger partial charge in [0.1, 0.15) is 5.78 Å². The van der Waals surface area contributed by atoms with Crippen molar-refractivity contribution in [2.75, 3.05) is 0 Å². The molecular weight excluding hydrogens is 124 g/mol. The lowest BCUT2D eigenvalue weighted by molar-refractivity contribution is -0.118. The number of Topliss-reactive ketones (excluding diaryl/α,β-unsaturated/α-hetero) is 1. The number of carbonyl (C=O) groups is 1. The quantitative estimate of drug-likeness (QED) is 0.551. The summed E-state index contributed by atoms with van der Waals surface area (Å²) >= 11 is 0. The highest BCUT2D eigenvalue weighted by Crippen LogP contribution is 2.21. The molecule has 0 aromatic rings. The van der Waals surface area contributed by atoms with Crippen molar-refractivity contribution in [2.45, 2.75) is 34.1 Å². The molecule has 0 unspecified atom stereocenters. The van der Waals surface area contributed by atoms with E-state index in [4.69, 9.17) is 0 Å². The smallest absolute Gasteiger partial charge is 0.130 e. The summed E-state index contributed by atoms with van der Waals surface area (Å²) in [5, 5.41) is 0. The van der Waals surface area contributed by atoms with Crippen LogP contribution in [0.2, 0.25) is 0 Å². The maximum absolute atomic E-state index is 10.7. The third kappa shape index (κ3) is 4.30. The minimum absolute atomic E-state index is 0.0422. The molecule has 0 heterocycles. The van der Waals surface area contributed by atoms with Gasteiger partial charge in [0.15, 0.2) is 0 Å². The van der Waals surface area contributed by atoms with Crippen LogP contribution in [0, 0.1) is 5.41 Å². The molecule has 0 aliphatic carbocycles. The first-order valence-corrected chi connectivity index (χ1v) is 3.61. The van der Waals surface area contributed by atoms with Crippen LogP contribution in [0.15, 0.2) is 12.2 Å². The number of hydrogen-bond donors (Lipinski definition) is 0. The van der Waals surface area contributed by atoms with Crippen LogP contribution in [0.5, 0.6) is 0 Å². The average Bonchev–Trinajstić information content (AvgIpc) is 1.59. The fraction of sp³-hybridized carbons (Fsp3) is 0.667. The Balaban J connectivity index is 3.99. The zero-order chi connectivity index (χ0) is 8.20. The van der Waals surface area contributed by atoms with Crippen LogP contribution in [0.4, 0.5) is 0 Å². The zero-order valence-corrected chi connectivity index (χ0v) is 7.27. The minimum atomic E-state index is 0.0422. The van der Waals surface area contributed by atoms with Crippen molar-refractivity contribution in [1.82, 2.24) is 0 Å². The second-order valence-electron chi connectivity index (χ2n) is 3.37. The van der Waals surface area contributed by atoms with Gasteiger partial charge in [-0.3, -0.25) is 4.79 Å². The van der Waals surface area contributed by atoms with E-state index in [1.165, 1.54) is 0 Å². The average molecular weight is 140 g/mol. The Morgan fingerprint density at radius 1 is 1.50 bits per heavy atom. The second kappa shape index (κ2) is 3.55. The van der Waals surface area contributed by atoms with Crippen molar-refractivity contribution in [3.05, 3.63) is 12.2 Å². The molecule has 0 radical (unpaired) electrons. The van der Waals surface area contributed by atoms with E-state index in [1.807, 2.05) is 13.0 Å². The standard InChI is InChI=1S/C9H16O/c1-5-6-9(3,4)7-8(2)10/h5-6H,7H2,1-4H3. The van der Waals surface area contributed by atoms with Crippen LogP contribution in [-0.4, -0.2) is 5.78 Å². The molecule has 0 rings (SSSR count). The van der Waals surface area contributed by atoms with Gasteiger partial charge in [-0.15, -0.1) is 0 Å². The predicted octanol–water partition coefficient (Wildman–Crippen LogP) is 2.57. The van der Waals surface area contributed by atoms with Crippen molar-refractivity contribution < 1.29 is 4.79 Å². The van der Waals surface area contributed by atoms with Crippen molar-refractivity contribution in [1.29, 1.82) is 0 Å². The van der Waals surface area contributed by atoms with Gasteiger partial charge < -0.3 is 0 Å². The first-order valence-electron chi connectivity index (χ1n) is 3.61. The molecule has 0 aromatic heterocycles. The molecule has 0 saturated heterocycles. The number of ketones is 1. The lowest BCUT2D eigenvalue weighted by Crippen LogP contribution is -2.11. The molecule has 0 spiro atoms. The second-order valence-corrected chi connectivity index (χ2v) is 3.37. The molecule has 1 heteroatoms. The van der Waals surface area contributed by atoms with E-state index in [1.54, 1.807) is 6.92 Å². The van der Waals surface area contributed by atoms with Crippen molar-refractivity contribution in [2.24, 2.45) is 5.41 Å². The van der Waals surface area contributed by atoms with Crippen LogP contribution in [0.1, 0.15) is 34.1 Å². The van der Waals surface area contributed by atoms with Gasteiger partial charge >= 0.3 is 0 Å². The molecule has 0 aromatic carbocycles. The van der Waals surface area contributed by atoms with E-state index in [9.17, 15) is 4.79 Å². The van der Waals surface area contributed by atoms with E-state index >= 15 is 0 Å². The van der Waals surface area contributed by atoms with Crippen molar-refractivity contribution in [3.63, 3.8) is 0 Å². The van der Waals surface area contributed by atoms with Gasteiger partial charge in [0.2, 0.25) is 0 Å². The summed E-state index contributed by atoms with van der Waals surface area (Å²) in [6.45, 7) is 7.73. The number of rotatable bonds is 3. The van der Waals surface area contributed by atoms with Gasteiger partial charge in [-0.25, -0.2) is 0 Å². The van der Waals surface area contributed by atoms with Crippen LogP contribution < -0.4 is 0 Å². The maximum Gasteiger partial charge on any atom is 0.130 e. The summed E-state index contributed by atoms with van der Waals surface area (Å²) in [5.74, 6) is 0.253. The van der Waals surface area contributed by atoms with Gasteiger partial charge in [-0.1, -0.05) is 26.0 Å². The van der Waals surface area contributed by atoms with Crippen molar-refractivity contribution in [3.8, 4) is 0 Å². The van der Waals surface area contributed by atoms with Gasteiger partial charge in [0.05, 0.1) is 0 Å². The van der Waals surface area contributed by atoms with E-state index < -0.39 is 0 Å². The third-order valence-corrected chi connectivity index (χ3v) is 1.32. The Hall–Kier alpha value is -0.590. The zero-order valence-electron chi connectivity index (χ0n) is 7.27. The molecule has 0 bridgehead atoms. The highest BCUT2D eigenvalue weighted by molar-refractivity contribution is 5.76. The van der Waals surface area contributed by atoms with Crippen LogP contribution in [-0.2, 0) is 4.79 Å². The molecule has 0 saturated carbocycles. The summed E-state index contributed by atoms with van der Waals surface area (Å²) in [5.41, 5.74) is 0.0422. The fourth-order valence-corrected chi connectivity index (χ4v) is 1.15. The molecule has 0 aliphatic rings. The molecule has 58 valence electrons. The normalized spacial score (nSPS) is 12.4. The topological polar surface area (TPSA) is 17.1 Å². The lowest BCUT2D eigenvalue weighted by Gasteiger charge is -2.17. The van der Waals surface area contributed by atoms with Gasteiger partial charge in [-0.2, -0.15) is 0 Å². The highest BCUT2D eigenvalue weighted by atomic mass is 16.1. The Bertz CT molecular complexity index is 143. The fourth-order valence-electron chi connectivity index (χ4n) is 1.15. The number of allylic oxidation sites excluding steroid dienone is 2. The van der Waals surface area contributed by atoms with Crippen molar-refractivity contribution >= 4 is 5.78 Å². The molecule has 0 N–H and O–H groups in total. The van der Waals surface area contributed by atoms with Gasteiger partial charge in [0, 0.05) is 6.42 Å². The van der Waals surface area contributed by atoms with E-state index in [0.717, 1.165) is 0 Å². The molecule has 0 atom stereocenters. The summed E-state index contributed by atoms with van der Waals surface area (Å²) < 4.78 is 0. The Morgan fingerprint density at radius 3 is 2.30 bits per heavy atom. The van der Waals surface area contributed by atoms with Gasteiger partial charge in [-0.05, 0) is 19.3 Å². The predicted molar refractivity (Wildman–Crippen MR) is 43.9 cm³/mol. The summed E-state index contributed by atoms with van der Waals surface area (Å²) in [4.78, 5) is 10.7. The van der Waals surface area contributed by atoms with E-state index in [-0.39, 0.29) is 11.2 Å². The molecule has 0 amide bonds. The van der Waals surface area contributed by atoms with Gasteiger partial charge in [0.25, 0.3) is 0 Å². The lowest BCUT2D eigenvalue weighted by atomic mass is 9.87. The molecule has 0 fully saturated rings. The first kappa shape index (κ1) is 9.41. The van der Waals surface area contributed by atoms with E-state index in [0.29, 0.717) is 6.42 Å². The largest absolute Gasteiger partial charge is 0.300 e. The maximum atomic E-state index is 10.7. The number of hydrogen-bond acceptors (Lipinski definition) is 1. The first-order chi connectivity index (χ1) is 4.48. The van der Waals surface area contributed by atoms with E-state index in [2.05, 4.69) is 19.9 Å². The third-order valence-electron chi connectivity index (χ3n) is 1.32. The summed E-state index contributed by atoms with van der Waals surface area (Å²) in [6.07, 6.45) is 4.69. The van der Waals surface area contributed by atoms with Crippen LogP contribution in [0.25, 0.3) is 0 Å². The highest BCUT2D eigenvalue weighted by Gasteiger charge is 2.14. The van der Waals surface area contributed by atoms with Crippen LogP contribution >= 0.6 is 0 Å². The monoisotopic (exact) mass is 140 g/mol. The molecule has 10 heavy (non-hydrogen) atoms. The Labute approximate surface area is 63.1 Å².